The molecule has 0 saturated heterocycles. The molecule has 0 amide bonds. The average Bonchev–Trinajstić information content (AvgIpc) is 3.12. The smallest absolute Gasteiger partial charge is 0.333 e. The molecule has 4 rings (SSSR count). The van der Waals surface area contributed by atoms with Gasteiger partial charge in [-0.3, -0.25) is 14.2 Å². The molecule has 0 atom stereocenters. The van der Waals surface area contributed by atoms with E-state index < -0.39 is 11.1 Å². The van der Waals surface area contributed by atoms with Crippen molar-refractivity contribution in [1.29, 1.82) is 0 Å². The van der Waals surface area contributed by atoms with Crippen LogP contribution in [-0.2, 0) is 13.1 Å². The Kier molecular flexibility index (Phi) is 4.73. The lowest BCUT2D eigenvalue weighted by Crippen LogP contribution is -2.42. The van der Waals surface area contributed by atoms with Crippen LogP contribution in [0.2, 0.25) is 0 Å². The van der Waals surface area contributed by atoms with Crippen molar-refractivity contribution < 1.29 is 4.74 Å². The molecule has 1 aliphatic rings. The summed E-state index contributed by atoms with van der Waals surface area (Å²) in [6.45, 7) is 5.84. The summed E-state index contributed by atoms with van der Waals surface area (Å²) in [6, 6.07) is 15.5. The standard InChI is InChI=1S/C21H22N4O3/c1-3-28-18-10-8-17(9-11-18)23-12-13-24-19(26)20(27)25(22-21(23)24)14-16-6-4-15(2)5-7-16/h4-11H,3,12-14H2,1-2H3. The van der Waals surface area contributed by atoms with Crippen LogP contribution in [0.4, 0.5) is 11.6 Å². The van der Waals surface area contributed by atoms with E-state index in [0.717, 1.165) is 22.6 Å². The molecule has 0 aliphatic carbocycles. The monoisotopic (exact) mass is 378 g/mol. The van der Waals surface area contributed by atoms with Crippen LogP contribution in [0.3, 0.4) is 0 Å². The normalized spacial score (nSPS) is 12.9. The summed E-state index contributed by atoms with van der Waals surface area (Å²) < 4.78 is 8.19. The second kappa shape index (κ2) is 7.34. The molecule has 1 aromatic heterocycles. The molecule has 0 N–H and O–H groups in total. The zero-order valence-corrected chi connectivity index (χ0v) is 16.0. The van der Waals surface area contributed by atoms with Crippen molar-refractivity contribution in [2.45, 2.75) is 26.9 Å². The SMILES string of the molecule is CCOc1ccc(N2CCn3c2nn(Cc2ccc(C)cc2)c(=O)c3=O)cc1. The van der Waals surface area contributed by atoms with E-state index in [0.29, 0.717) is 25.6 Å². The van der Waals surface area contributed by atoms with Gasteiger partial charge in [-0.15, -0.1) is 5.10 Å². The van der Waals surface area contributed by atoms with Crippen LogP contribution in [0.5, 0.6) is 5.75 Å². The third kappa shape index (κ3) is 3.31. The number of hydrogen-bond acceptors (Lipinski definition) is 5. The highest BCUT2D eigenvalue weighted by molar-refractivity contribution is 5.59. The van der Waals surface area contributed by atoms with Crippen LogP contribution < -0.4 is 20.8 Å². The largest absolute Gasteiger partial charge is 0.494 e. The lowest BCUT2D eigenvalue weighted by molar-refractivity contribution is 0.340. The highest BCUT2D eigenvalue weighted by atomic mass is 16.5. The van der Waals surface area contributed by atoms with Gasteiger partial charge in [0.05, 0.1) is 13.2 Å². The summed E-state index contributed by atoms with van der Waals surface area (Å²) in [5, 5.41) is 4.51. The fraction of sp³-hybridized carbons (Fsp3) is 0.286. The van der Waals surface area contributed by atoms with Gasteiger partial charge in [-0.1, -0.05) is 29.8 Å². The lowest BCUT2D eigenvalue weighted by Gasteiger charge is -2.18. The van der Waals surface area contributed by atoms with E-state index in [1.54, 1.807) is 0 Å². The van der Waals surface area contributed by atoms with Gasteiger partial charge in [-0.05, 0) is 43.7 Å². The summed E-state index contributed by atoms with van der Waals surface area (Å²) in [5.74, 6) is 1.28. The van der Waals surface area contributed by atoms with Gasteiger partial charge in [-0.25, -0.2) is 4.68 Å². The second-order valence-electron chi connectivity index (χ2n) is 6.78. The Balaban J connectivity index is 1.70. The average molecular weight is 378 g/mol. The van der Waals surface area contributed by atoms with Gasteiger partial charge in [0.15, 0.2) is 0 Å². The first-order chi connectivity index (χ1) is 13.6. The van der Waals surface area contributed by atoms with E-state index in [9.17, 15) is 9.59 Å². The first kappa shape index (κ1) is 18.0. The van der Waals surface area contributed by atoms with Crippen molar-refractivity contribution in [3.63, 3.8) is 0 Å². The van der Waals surface area contributed by atoms with E-state index in [-0.39, 0.29) is 6.54 Å². The van der Waals surface area contributed by atoms with Crippen LogP contribution in [0.15, 0.2) is 58.1 Å². The number of hydrogen-bond donors (Lipinski definition) is 0. The molecule has 3 aromatic rings. The maximum absolute atomic E-state index is 12.6. The molecule has 0 saturated carbocycles. The number of anilines is 2. The first-order valence-corrected chi connectivity index (χ1v) is 9.34. The molecule has 1 aliphatic heterocycles. The molecule has 144 valence electrons. The highest BCUT2D eigenvalue weighted by Crippen LogP contribution is 2.28. The molecule has 7 nitrogen and oxygen atoms in total. The quantitative estimate of drug-likeness (QED) is 0.638. The predicted molar refractivity (Wildman–Crippen MR) is 108 cm³/mol. The number of ether oxygens (including phenoxy) is 1. The van der Waals surface area contributed by atoms with Crippen LogP contribution >= 0.6 is 0 Å². The van der Waals surface area contributed by atoms with E-state index in [4.69, 9.17) is 4.74 Å². The molecule has 0 fully saturated rings. The van der Waals surface area contributed by atoms with Crippen LogP contribution in [-0.4, -0.2) is 27.5 Å². The molecule has 0 bridgehead atoms. The zero-order valence-electron chi connectivity index (χ0n) is 16.0. The van der Waals surface area contributed by atoms with Gasteiger partial charge < -0.3 is 9.64 Å². The predicted octanol–water partition coefficient (Wildman–Crippen LogP) is 2.31. The second-order valence-corrected chi connectivity index (χ2v) is 6.78. The minimum Gasteiger partial charge on any atom is -0.494 e. The highest BCUT2D eigenvalue weighted by Gasteiger charge is 2.26. The Bertz CT molecular complexity index is 1100. The van der Waals surface area contributed by atoms with Crippen molar-refractivity contribution in [3.8, 4) is 5.75 Å². The molecule has 0 radical (unpaired) electrons. The fourth-order valence-corrected chi connectivity index (χ4v) is 3.33. The molecule has 2 aromatic carbocycles. The number of aryl methyl sites for hydroxylation is 1. The topological polar surface area (TPSA) is 69.4 Å². The van der Waals surface area contributed by atoms with Crippen molar-refractivity contribution >= 4 is 11.6 Å². The number of nitrogens with zero attached hydrogens (tertiary/aromatic N) is 4. The Morgan fingerprint density at radius 2 is 1.68 bits per heavy atom. The first-order valence-electron chi connectivity index (χ1n) is 9.34. The van der Waals surface area contributed by atoms with Gasteiger partial charge in [0.1, 0.15) is 5.75 Å². The van der Waals surface area contributed by atoms with Crippen molar-refractivity contribution in [1.82, 2.24) is 14.3 Å². The molecular weight excluding hydrogens is 356 g/mol. The summed E-state index contributed by atoms with van der Waals surface area (Å²) in [5.41, 5.74) is 1.83. The molecule has 0 unspecified atom stereocenters. The van der Waals surface area contributed by atoms with Crippen LogP contribution in [0, 0.1) is 6.92 Å². The minimum absolute atomic E-state index is 0.263. The summed E-state index contributed by atoms with van der Waals surface area (Å²) in [7, 11) is 0. The number of benzene rings is 2. The molecule has 2 heterocycles. The summed E-state index contributed by atoms with van der Waals surface area (Å²) in [6.07, 6.45) is 0. The van der Waals surface area contributed by atoms with E-state index >= 15 is 0 Å². The third-order valence-corrected chi connectivity index (χ3v) is 4.82. The lowest BCUT2D eigenvalue weighted by atomic mass is 10.1. The third-order valence-electron chi connectivity index (χ3n) is 4.82. The van der Waals surface area contributed by atoms with Crippen LogP contribution in [0.25, 0.3) is 0 Å². The molecule has 7 heteroatoms. The number of aromatic nitrogens is 3. The Morgan fingerprint density at radius 1 is 0.964 bits per heavy atom. The van der Waals surface area contributed by atoms with E-state index in [1.807, 2.05) is 67.3 Å². The van der Waals surface area contributed by atoms with Crippen molar-refractivity contribution in [3.05, 3.63) is 80.4 Å². The molecule has 28 heavy (non-hydrogen) atoms. The molecular formula is C21H22N4O3. The van der Waals surface area contributed by atoms with Gasteiger partial charge in [0.2, 0.25) is 5.95 Å². The maximum Gasteiger partial charge on any atom is 0.333 e. The Labute approximate surface area is 162 Å². The molecule has 0 spiro atoms. The fourth-order valence-electron chi connectivity index (χ4n) is 3.33. The van der Waals surface area contributed by atoms with Crippen LogP contribution in [0.1, 0.15) is 18.1 Å². The zero-order chi connectivity index (χ0) is 19.7. The van der Waals surface area contributed by atoms with Gasteiger partial charge in [-0.2, -0.15) is 0 Å². The number of rotatable bonds is 5. The van der Waals surface area contributed by atoms with E-state index in [1.165, 1.54) is 9.25 Å². The van der Waals surface area contributed by atoms with E-state index in [2.05, 4.69) is 5.10 Å². The minimum atomic E-state index is -0.599. The van der Waals surface area contributed by atoms with Crippen molar-refractivity contribution in [2.24, 2.45) is 0 Å². The van der Waals surface area contributed by atoms with Crippen molar-refractivity contribution in [2.75, 3.05) is 18.1 Å². The summed E-state index contributed by atoms with van der Waals surface area (Å²) >= 11 is 0. The van der Waals surface area contributed by atoms with Gasteiger partial charge in [0.25, 0.3) is 0 Å². The number of fused-ring (bicyclic) bond motifs is 1. The summed E-state index contributed by atoms with van der Waals surface area (Å²) in [4.78, 5) is 27.0. The van der Waals surface area contributed by atoms with Gasteiger partial charge >= 0.3 is 11.1 Å². The Morgan fingerprint density at radius 3 is 2.36 bits per heavy atom. The Hall–Kier alpha value is -3.35. The van der Waals surface area contributed by atoms with Gasteiger partial charge in [0, 0.05) is 18.8 Å². The maximum atomic E-state index is 12.6.